The number of carbonyl (C=O) groups is 2. The van der Waals surface area contributed by atoms with Crippen molar-refractivity contribution in [2.75, 3.05) is 31.6 Å². The molecule has 31 heavy (non-hydrogen) atoms. The first-order valence-corrected chi connectivity index (χ1v) is 11.1. The van der Waals surface area contributed by atoms with Gasteiger partial charge in [-0.05, 0) is 56.4 Å². The average Bonchev–Trinajstić information content (AvgIpc) is 2.79. The van der Waals surface area contributed by atoms with Gasteiger partial charge in [-0.25, -0.2) is 4.79 Å². The van der Waals surface area contributed by atoms with Gasteiger partial charge in [0.15, 0.2) is 0 Å². The van der Waals surface area contributed by atoms with Gasteiger partial charge in [-0.3, -0.25) is 4.79 Å². The van der Waals surface area contributed by atoms with Crippen LogP contribution in [0.15, 0.2) is 54.6 Å². The van der Waals surface area contributed by atoms with Crippen LogP contribution in [0.5, 0.6) is 0 Å². The van der Waals surface area contributed by atoms with Crippen LogP contribution in [0.4, 0.5) is 10.5 Å². The second kappa shape index (κ2) is 11.5. The van der Waals surface area contributed by atoms with E-state index >= 15 is 0 Å². The summed E-state index contributed by atoms with van der Waals surface area (Å²) in [5, 5.41) is 5.94. The second-order valence-corrected chi connectivity index (χ2v) is 8.15. The molecule has 0 radical (unpaired) electrons. The summed E-state index contributed by atoms with van der Waals surface area (Å²) in [7, 11) is 0. The van der Waals surface area contributed by atoms with E-state index in [2.05, 4.69) is 22.8 Å². The number of likely N-dealkylation sites (tertiary alicyclic amines) is 1. The summed E-state index contributed by atoms with van der Waals surface area (Å²) in [6.07, 6.45) is 2.43. The lowest BCUT2D eigenvalue weighted by Gasteiger charge is -2.32. The molecule has 0 aromatic heterocycles. The van der Waals surface area contributed by atoms with Gasteiger partial charge in [0.25, 0.3) is 0 Å². The van der Waals surface area contributed by atoms with Crippen molar-refractivity contribution >= 4 is 17.6 Å². The molecule has 6 nitrogen and oxygen atoms in total. The number of nitrogens with zero attached hydrogens (tertiary/aromatic N) is 1. The number of ether oxygens (including phenoxy) is 1. The number of anilines is 1. The largest absolute Gasteiger partial charge is 0.374 e. The molecule has 1 heterocycles. The first-order chi connectivity index (χ1) is 15.0. The quantitative estimate of drug-likeness (QED) is 0.613. The van der Waals surface area contributed by atoms with E-state index in [1.165, 1.54) is 0 Å². The van der Waals surface area contributed by atoms with Gasteiger partial charge >= 0.3 is 6.03 Å². The van der Waals surface area contributed by atoms with Crippen LogP contribution in [0.1, 0.15) is 43.4 Å². The highest BCUT2D eigenvalue weighted by Gasteiger charge is 2.28. The molecule has 1 saturated heterocycles. The molecule has 2 unspecified atom stereocenters. The Hall–Kier alpha value is -2.86. The lowest BCUT2D eigenvalue weighted by molar-refractivity contribution is -0.126. The fraction of sp³-hybridized carbons (Fsp3) is 0.440. The van der Waals surface area contributed by atoms with Crippen LogP contribution in [0.2, 0.25) is 0 Å². The van der Waals surface area contributed by atoms with Crippen LogP contribution < -0.4 is 10.6 Å². The summed E-state index contributed by atoms with van der Waals surface area (Å²) < 4.78 is 5.86. The van der Waals surface area contributed by atoms with Crippen molar-refractivity contribution in [3.05, 3.63) is 65.7 Å². The summed E-state index contributed by atoms with van der Waals surface area (Å²) >= 11 is 0. The van der Waals surface area contributed by atoms with Crippen molar-refractivity contribution in [1.82, 2.24) is 10.2 Å². The van der Waals surface area contributed by atoms with Crippen LogP contribution >= 0.6 is 0 Å². The van der Waals surface area contributed by atoms with Crippen LogP contribution in [0.3, 0.4) is 0 Å². The third kappa shape index (κ3) is 7.10. The Morgan fingerprint density at radius 1 is 1.16 bits per heavy atom. The molecule has 0 aliphatic carbocycles. The van der Waals surface area contributed by atoms with Gasteiger partial charge in [-0.1, -0.05) is 42.5 Å². The molecule has 1 aliphatic heterocycles. The fourth-order valence-electron chi connectivity index (χ4n) is 3.81. The molecule has 0 saturated carbocycles. The molecule has 1 fully saturated rings. The Morgan fingerprint density at radius 3 is 2.74 bits per heavy atom. The number of hydrogen-bond donors (Lipinski definition) is 2. The zero-order valence-corrected chi connectivity index (χ0v) is 18.5. The van der Waals surface area contributed by atoms with Crippen molar-refractivity contribution < 1.29 is 14.3 Å². The molecule has 0 spiro atoms. The van der Waals surface area contributed by atoms with Gasteiger partial charge in [-0.15, -0.1) is 0 Å². The second-order valence-electron chi connectivity index (χ2n) is 8.15. The number of benzene rings is 2. The highest BCUT2D eigenvalue weighted by Crippen LogP contribution is 2.19. The molecule has 166 valence electrons. The number of carbonyl (C=O) groups excluding carboxylic acids is 2. The number of hydrogen-bond acceptors (Lipinski definition) is 3. The summed E-state index contributed by atoms with van der Waals surface area (Å²) in [6.45, 7) is 6.31. The van der Waals surface area contributed by atoms with Gasteiger partial charge in [0.2, 0.25) is 5.91 Å². The Balaban J connectivity index is 1.36. The number of rotatable bonds is 8. The molecule has 3 amide bonds. The van der Waals surface area contributed by atoms with E-state index in [4.69, 9.17) is 4.74 Å². The fourth-order valence-corrected chi connectivity index (χ4v) is 3.81. The van der Waals surface area contributed by atoms with E-state index in [0.717, 1.165) is 36.1 Å². The lowest BCUT2D eigenvalue weighted by Crippen LogP contribution is -2.47. The number of nitrogens with one attached hydrogen (secondary N) is 2. The van der Waals surface area contributed by atoms with Crippen molar-refractivity contribution in [3.8, 4) is 0 Å². The maximum Gasteiger partial charge on any atom is 0.321 e. The Labute approximate surface area is 185 Å². The predicted octanol–water partition coefficient (Wildman–Crippen LogP) is 4.52. The molecule has 2 N–H and O–H groups in total. The summed E-state index contributed by atoms with van der Waals surface area (Å²) in [4.78, 5) is 26.9. The van der Waals surface area contributed by atoms with Gasteiger partial charge in [-0.2, -0.15) is 0 Å². The summed E-state index contributed by atoms with van der Waals surface area (Å²) in [6, 6.07) is 17.7. The number of piperidine rings is 1. The molecular weight excluding hydrogens is 390 g/mol. The average molecular weight is 424 g/mol. The van der Waals surface area contributed by atoms with Gasteiger partial charge < -0.3 is 20.3 Å². The predicted molar refractivity (Wildman–Crippen MR) is 123 cm³/mol. The van der Waals surface area contributed by atoms with E-state index in [0.29, 0.717) is 26.2 Å². The molecule has 2 aromatic rings. The number of aryl methyl sites for hydroxylation is 1. The molecule has 6 heteroatoms. The molecular formula is C25H33N3O3. The van der Waals surface area contributed by atoms with Crippen molar-refractivity contribution in [1.29, 1.82) is 0 Å². The van der Waals surface area contributed by atoms with Crippen molar-refractivity contribution in [2.45, 2.75) is 39.2 Å². The van der Waals surface area contributed by atoms with Gasteiger partial charge in [0.05, 0.1) is 12.0 Å². The minimum absolute atomic E-state index is 0.0177. The normalized spacial score (nSPS) is 17.1. The monoisotopic (exact) mass is 423 g/mol. The zero-order chi connectivity index (χ0) is 22.1. The number of amides is 3. The van der Waals surface area contributed by atoms with Crippen LogP contribution in [0.25, 0.3) is 0 Å². The molecule has 2 atom stereocenters. The van der Waals surface area contributed by atoms with E-state index < -0.39 is 0 Å². The number of urea groups is 1. The molecule has 0 bridgehead atoms. The molecule has 2 aromatic carbocycles. The molecule has 1 aliphatic rings. The maximum atomic E-state index is 12.6. The summed E-state index contributed by atoms with van der Waals surface area (Å²) in [5.41, 5.74) is 3.02. The minimum Gasteiger partial charge on any atom is -0.374 e. The standard InChI is InChI=1S/C25H33N3O3/c1-19-9-6-13-23(17-19)27-25(30)28-15-7-12-22(18-28)24(29)26-14-8-16-31-20(2)21-10-4-3-5-11-21/h3-6,9-11,13,17,20,22H,7-8,12,14-16,18H2,1-2H3,(H,26,29)(H,27,30). The van der Waals surface area contributed by atoms with Crippen LogP contribution in [-0.4, -0.2) is 43.1 Å². The maximum absolute atomic E-state index is 12.6. The topological polar surface area (TPSA) is 70.7 Å². The van der Waals surface area contributed by atoms with Crippen molar-refractivity contribution in [3.63, 3.8) is 0 Å². The van der Waals surface area contributed by atoms with E-state index in [1.54, 1.807) is 4.90 Å². The Morgan fingerprint density at radius 2 is 1.97 bits per heavy atom. The Bertz CT molecular complexity index is 856. The van der Waals surface area contributed by atoms with E-state index in [1.807, 2.05) is 56.3 Å². The van der Waals surface area contributed by atoms with Crippen LogP contribution in [0, 0.1) is 12.8 Å². The highest BCUT2D eigenvalue weighted by molar-refractivity contribution is 5.90. The highest BCUT2D eigenvalue weighted by atomic mass is 16.5. The third-order valence-electron chi connectivity index (χ3n) is 5.61. The Kier molecular flexibility index (Phi) is 8.47. The lowest BCUT2D eigenvalue weighted by atomic mass is 9.97. The first-order valence-electron chi connectivity index (χ1n) is 11.1. The van der Waals surface area contributed by atoms with Gasteiger partial charge in [0.1, 0.15) is 0 Å². The van der Waals surface area contributed by atoms with Gasteiger partial charge in [0, 0.05) is 31.9 Å². The molecule has 3 rings (SSSR count). The summed E-state index contributed by atoms with van der Waals surface area (Å²) in [5.74, 6) is -0.148. The smallest absolute Gasteiger partial charge is 0.321 e. The first kappa shape index (κ1) is 22.8. The van der Waals surface area contributed by atoms with Crippen LogP contribution in [-0.2, 0) is 9.53 Å². The van der Waals surface area contributed by atoms with Crippen molar-refractivity contribution in [2.24, 2.45) is 5.92 Å². The van der Waals surface area contributed by atoms with E-state index in [-0.39, 0.29) is 24.0 Å². The van der Waals surface area contributed by atoms with E-state index in [9.17, 15) is 9.59 Å². The minimum atomic E-state index is -0.166. The SMILES string of the molecule is Cc1cccc(NC(=O)N2CCCC(C(=O)NCCCOC(C)c3ccccc3)C2)c1. The third-order valence-corrected chi connectivity index (χ3v) is 5.61. The zero-order valence-electron chi connectivity index (χ0n) is 18.5.